The van der Waals surface area contributed by atoms with Crippen LogP contribution in [0.25, 0.3) is 0 Å². The summed E-state index contributed by atoms with van der Waals surface area (Å²) in [5.74, 6) is 0.861. The zero-order chi connectivity index (χ0) is 11.5. The maximum Gasteiger partial charge on any atom is 0.254 e. The summed E-state index contributed by atoms with van der Waals surface area (Å²) >= 11 is 2.07. The number of carbonyl (C=O) groups is 2. The number of aliphatic hydroxyl groups excluding tert-OH is 1. The zero-order valence-electron chi connectivity index (χ0n) is 8.13. The summed E-state index contributed by atoms with van der Waals surface area (Å²) in [5.41, 5.74) is 0.611. The van der Waals surface area contributed by atoms with Crippen LogP contribution >= 0.6 is 23.5 Å². The molecule has 1 aromatic heterocycles. The summed E-state index contributed by atoms with van der Waals surface area (Å²) < 4.78 is 4.94. The normalized spacial score (nSPS) is 15.9. The van der Waals surface area contributed by atoms with Crippen LogP contribution in [0, 0.1) is 0 Å². The van der Waals surface area contributed by atoms with Crippen molar-refractivity contribution in [2.24, 2.45) is 0 Å². The fraction of sp³-hybridized carbons (Fsp3) is 0.200. The molecule has 0 aliphatic carbocycles. The van der Waals surface area contributed by atoms with E-state index >= 15 is 0 Å². The lowest BCUT2D eigenvalue weighted by molar-refractivity contribution is -0.109. The molecular formula is C10H8O4S2. The summed E-state index contributed by atoms with van der Waals surface area (Å²) in [6, 6.07) is 3.22. The van der Waals surface area contributed by atoms with E-state index in [0.717, 1.165) is 23.5 Å². The summed E-state index contributed by atoms with van der Waals surface area (Å²) in [7, 11) is 0. The fourth-order valence-electron chi connectivity index (χ4n) is 1.16. The number of thioether (sulfide) groups is 2. The van der Waals surface area contributed by atoms with Crippen LogP contribution in [0.3, 0.4) is 0 Å². The Morgan fingerprint density at radius 3 is 3.00 bits per heavy atom. The largest absolute Gasteiger partial charge is 0.504 e. The van der Waals surface area contributed by atoms with Gasteiger partial charge >= 0.3 is 0 Å². The third-order valence-electron chi connectivity index (χ3n) is 2.01. The van der Waals surface area contributed by atoms with Gasteiger partial charge in [-0.25, -0.2) is 0 Å². The molecule has 84 valence electrons. The van der Waals surface area contributed by atoms with Gasteiger partial charge in [-0.1, -0.05) is 23.5 Å². The monoisotopic (exact) mass is 256 g/mol. The van der Waals surface area contributed by atoms with Gasteiger partial charge in [0.1, 0.15) is 0 Å². The number of carbonyl (C=O) groups excluding carboxylic acids is 2. The quantitative estimate of drug-likeness (QED) is 0.894. The zero-order valence-corrected chi connectivity index (χ0v) is 9.77. The van der Waals surface area contributed by atoms with Crippen molar-refractivity contribution < 1.29 is 19.1 Å². The minimum atomic E-state index is -0.318. The molecule has 1 N–H and O–H groups in total. The number of hydrogen-bond acceptors (Lipinski definition) is 6. The van der Waals surface area contributed by atoms with Crippen molar-refractivity contribution in [1.29, 1.82) is 0 Å². The van der Waals surface area contributed by atoms with Gasteiger partial charge in [-0.2, -0.15) is 0 Å². The highest BCUT2D eigenvalue weighted by Crippen LogP contribution is 2.28. The van der Waals surface area contributed by atoms with Crippen LogP contribution in [0.1, 0.15) is 10.6 Å². The number of hydrogen-bond donors (Lipinski definition) is 1. The molecule has 0 spiro atoms. The summed E-state index contributed by atoms with van der Waals surface area (Å²) in [4.78, 5) is 22.5. The Bertz CT molecular complexity index is 447. The Labute approximate surface area is 100 Å². The maximum atomic E-state index is 11.5. The molecule has 0 radical (unpaired) electrons. The van der Waals surface area contributed by atoms with Gasteiger partial charge in [0, 0.05) is 11.5 Å². The number of aliphatic hydroxyl groups is 1. The molecule has 0 amide bonds. The smallest absolute Gasteiger partial charge is 0.254 e. The van der Waals surface area contributed by atoms with E-state index in [0.29, 0.717) is 17.1 Å². The van der Waals surface area contributed by atoms with Gasteiger partial charge < -0.3 is 9.52 Å². The lowest BCUT2D eigenvalue weighted by atomic mass is 10.3. The van der Waals surface area contributed by atoms with E-state index in [-0.39, 0.29) is 21.7 Å². The SMILES string of the molecule is O=C1SCC(CSC(=O)c2ccco2)=C1O. The van der Waals surface area contributed by atoms with Gasteiger partial charge in [-0.05, 0) is 17.7 Å². The third kappa shape index (κ3) is 2.33. The molecule has 6 heteroatoms. The molecule has 0 saturated carbocycles. The van der Waals surface area contributed by atoms with Crippen molar-refractivity contribution in [2.75, 3.05) is 11.5 Å². The van der Waals surface area contributed by atoms with E-state index in [1.165, 1.54) is 6.26 Å². The van der Waals surface area contributed by atoms with Crippen molar-refractivity contribution in [3.05, 3.63) is 35.5 Å². The second-order valence-electron chi connectivity index (χ2n) is 3.08. The maximum absolute atomic E-state index is 11.5. The molecule has 0 saturated heterocycles. The molecule has 1 aliphatic heterocycles. The highest BCUT2D eigenvalue weighted by atomic mass is 32.2. The highest BCUT2D eigenvalue weighted by molar-refractivity contribution is 8.15. The average Bonchev–Trinajstić information content (AvgIpc) is 2.89. The first-order chi connectivity index (χ1) is 7.68. The molecule has 4 nitrogen and oxygen atoms in total. The Hall–Kier alpha value is -1.14. The lowest BCUT2D eigenvalue weighted by Gasteiger charge is -1.98. The molecule has 0 fully saturated rings. The second-order valence-corrected chi connectivity index (χ2v) is 4.98. The molecule has 0 unspecified atom stereocenters. The van der Waals surface area contributed by atoms with Crippen molar-refractivity contribution in [3.63, 3.8) is 0 Å². The van der Waals surface area contributed by atoms with Gasteiger partial charge in [0.15, 0.2) is 11.5 Å². The van der Waals surface area contributed by atoms with E-state index in [9.17, 15) is 14.7 Å². The summed E-state index contributed by atoms with van der Waals surface area (Å²) in [5, 5.41) is 8.84. The van der Waals surface area contributed by atoms with E-state index in [4.69, 9.17) is 4.42 Å². The molecule has 0 aromatic carbocycles. The molecular weight excluding hydrogens is 248 g/mol. The van der Waals surface area contributed by atoms with Crippen molar-refractivity contribution >= 4 is 33.8 Å². The molecule has 0 atom stereocenters. The van der Waals surface area contributed by atoms with E-state index < -0.39 is 0 Å². The van der Waals surface area contributed by atoms with E-state index in [1.54, 1.807) is 12.1 Å². The van der Waals surface area contributed by atoms with Crippen LogP contribution in [0.2, 0.25) is 0 Å². The molecule has 2 heterocycles. The van der Waals surface area contributed by atoms with Crippen molar-refractivity contribution in [1.82, 2.24) is 0 Å². The molecule has 16 heavy (non-hydrogen) atoms. The Kier molecular flexibility index (Phi) is 3.40. The van der Waals surface area contributed by atoms with Crippen LogP contribution in [-0.2, 0) is 4.79 Å². The minimum Gasteiger partial charge on any atom is -0.504 e. The Morgan fingerprint density at radius 2 is 2.44 bits per heavy atom. The van der Waals surface area contributed by atoms with Crippen molar-refractivity contribution in [3.8, 4) is 0 Å². The second kappa shape index (κ2) is 4.80. The predicted octanol–water partition coefficient (Wildman–Crippen LogP) is 2.24. The van der Waals surface area contributed by atoms with Crippen LogP contribution < -0.4 is 0 Å². The van der Waals surface area contributed by atoms with Gasteiger partial charge in [-0.15, -0.1) is 0 Å². The number of rotatable bonds is 3. The number of furan rings is 1. The van der Waals surface area contributed by atoms with E-state index in [1.807, 2.05) is 0 Å². The third-order valence-corrected chi connectivity index (χ3v) is 3.91. The molecule has 1 aromatic rings. The van der Waals surface area contributed by atoms with Crippen molar-refractivity contribution in [2.45, 2.75) is 0 Å². The van der Waals surface area contributed by atoms with E-state index in [2.05, 4.69) is 0 Å². The summed E-state index contributed by atoms with van der Waals surface area (Å²) in [6.45, 7) is 0. The first-order valence-electron chi connectivity index (χ1n) is 4.47. The first kappa shape index (κ1) is 11.3. The summed E-state index contributed by atoms with van der Waals surface area (Å²) in [6.07, 6.45) is 1.43. The lowest BCUT2D eigenvalue weighted by Crippen LogP contribution is -1.98. The Balaban J connectivity index is 1.94. The minimum absolute atomic E-state index is 0.199. The highest BCUT2D eigenvalue weighted by Gasteiger charge is 2.24. The van der Waals surface area contributed by atoms with Crippen LogP contribution in [0.4, 0.5) is 0 Å². The average molecular weight is 256 g/mol. The molecule has 2 rings (SSSR count). The standard InChI is InChI=1S/C10H8O4S2/c11-8-6(5-16-10(8)13)4-15-9(12)7-2-1-3-14-7/h1-3,11H,4-5H2. The Morgan fingerprint density at radius 1 is 1.62 bits per heavy atom. The van der Waals surface area contributed by atoms with Gasteiger partial charge in [0.05, 0.1) is 6.26 Å². The molecule has 0 bridgehead atoms. The predicted molar refractivity (Wildman–Crippen MR) is 62.6 cm³/mol. The van der Waals surface area contributed by atoms with Crippen LogP contribution in [0.5, 0.6) is 0 Å². The van der Waals surface area contributed by atoms with Gasteiger partial charge in [0.2, 0.25) is 0 Å². The van der Waals surface area contributed by atoms with Gasteiger partial charge in [-0.3, -0.25) is 9.59 Å². The topological polar surface area (TPSA) is 67.5 Å². The fourth-order valence-corrected chi connectivity index (χ4v) is 2.92. The first-order valence-corrected chi connectivity index (χ1v) is 6.44. The van der Waals surface area contributed by atoms with Crippen LogP contribution in [-0.4, -0.2) is 26.8 Å². The van der Waals surface area contributed by atoms with Crippen LogP contribution in [0.15, 0.2) is 34.1 Å². The molecule has 1 aliphatic rings. The van der Waals surface area contributed by atoms with Gasteiger partial charge in [0.25, 0.3) is 10.2 Å².